The molecule has 0 radical (unpaired) electrons. The van der Waals surface area contributed by atoms with E-state index in [0.29, 0.717) is 23.9 Å². The van der Waals surface area contributed by atoms with Crippen LogP contribution in [0.5, 0.6) is 0 Å². The van der Waals surface area contributed by atoms with Crippen molar-refractivity contribution in [3.05, 3.63) is 0 Å². The molecular weight excluding hydrogens is 744 g/mol. The summed E-state index contributed by atoms with van der Waals surface area (Å²) in [6, 6.07) is -0.791. The van der Waals surface area contributed by atoms with Crippen LogP contribution in [0.1, 0.15) is 258 Å². The van der Waals surface area contributed by atoms with E-state index in [0.717, 1.165) is 51.4 Å². The van der Waals surface area contributed by atoms with Crippen molar-refractivity contribution in [2.24, 2.45) is 0 Å². The third-order valence-corrected chi connectivity index (χ3v) is 12.8. The van der Waals surface area contributed by atoms with Crippen LogP contribution in [-0.2, 0) is 18.4 Å². The number of aliphatic hydroxyl groups excluding tert-OH is 1. The number of phosphoric ester groups is 1. The molecule has 348 valence electrons. The highest BCUT2D eigenvalue weighted by atomic mass is 31.2. The average Bonchev–Trinajstić information content (AvgIpc) is 3.17. The maximum Gasteiger partial charge on any atom is 0.268 e. The molecule has 0 aliphatic heterocycles. The molecule has 9 heteroatoms. The van der Waals surface area contributed by atoms with Gasteiger partial charge in [0, 0.05) is 6.42 Å². The van der Waals surface area contributed by atoms with Crippen LogP contribution in [-0.4, -0.2) is 68.5 Å². The first-order valence-electron chi connectivity index (χ1n) is 25.4. The molecule has 2 N–H and O–H groups in total. The Morgan fingerprint density at radius 1 is 0.534 bits per heavy atom. The lowest BCUT2D eigenvalue weighted by molar-refractivity contribution is -0.870. The van der Waals surface area contributed by atoms with Crippen molar-refractivity contribution in [2.45, 2.75) is 270 Å². The van der Waals surface area contributed by atoms with Crippen molar-refractivity contribution in [3.8, 4) is 0 Å². The average molecular weight is 845 g/mol. The highest BCUT2D eigenvalue weighted by molar-refractivity contribution is 7.45. The van der Waals surface area contributed by atoms with Gasteiger partial charge in [0.2, 0.25) is 5.91 Å². The van der Waals surface area contributed by atoms with Gasteiger partial charge in [0.05, 0.1) is 39.9 Å². The molecule has 1 amide bonds. The molecule has 0 saturated heterocycles. The lowest BCUT2D eigenvalue weighted by Gasteiger charge is -2.30. The van der Waals surface area contributed by atoms with Gasteiger partial charge in [-0.25, -0.2) is 0 Å². The van der Waals surface area contributed by atoms with Gasteiger partial charge in [-0.15, -0.1) is 0 Å². The van der Waals surface area contributed by atoms with E-state index in [1.54, 1.807) is 0 Å². The second-order valence-corrected chi connectivity index (χ2v) is 20.3. The summed E-state index contributed by atoms with van der Waals surface area (Å²) >= 11 is 0. The number of phosphoric acid groups is 1. The molecule has 0 heterocycles. The fourth-order valence-electron chi connectivity index (χ4n) is 7.81. The van der Waals surface area contributed by atoms with Gasteiger partial charge in [-0.1, -0.05) is 239 Å². The first-order valence-corrected chi connectivity index (χ1v) is 26.8. The number of aliphatic hydroxyl groups is 1. The molecule has 0 fully saturated rings. The van der Waals surface area contributed by atoms with Gasteiger partial charge in [-0.05, 0) is 12.8 Å². The van der Waals surface area contributed by atoms with Crippen LogP contribution >= 0.6 is 7.82 Å². The molecule has 0 aromatic rings. The molecule has 0 saturated carbocycles. The highest BCUT2D eigenvalue weighted by Crippen LogP contribution is 2.38. The fraction of sp³-hybridized carbons (Fsp3) is 0.980. The molecule has 3 atom stereocenters. The molecule has 58 heavy (non-hydrogen) atoms. The number of rotatable bonds is 47. The molecule has 0 aliphatic carbocycles. The maximum absolute atomic E-state index is 12.7. The number of hydrogen-bond donors (Lipinski definition) is 2. The fourth-order valence-corrected chi connectivity index (χ4v) is 8.53. The van der Waals surface area contributed by atoms with E-state index in [9.17, 15) is 19.4 Å². The summed E-state index contributed by atoms with van der Waals surface area (Å²) in [5.41, 5.74) is 0. The standard InChI is InChI=1S/C49H101N2O6P/c1-6-8-10-12-13-14-15-16-17-18-19-20-21-22-23-24-25-26-27-28-29-30-31-32-33-34-35-36-37-39-40-42-48(52)47(50-49(53)43-41-38-11-9-7-2)46-57-58(54,55)56-45-44-51(3,4)5/h47-48,52H,6-46H2,1-5H3,(H-,50,53,54,55). The van der Waals surface area contributed by atoms with Gasteiger partial charge < -0.3 is 28.8 Å². The van der Waals surface area contributed by atoms with Gasteiger partial charge in [0.1, 0.15) is 13.2 Å². The van der Waals surface area contributed by atoms with Crippen LogP contribution in [0, 0.1) is 0 Å². The van der Waals surface area contributed by atoms with Crippen LogP contribution in [0.15, 0.2) is 0 Å². The molecule has 0 aromatic heterocycles. The predicted molar refractivity (Wildman–Crippen MR) is 247 cm³/mol. The summed E-state index contributed by atoms with van der Waals surface area (Å²) in [6.07, 6.45) is 47.6. The Bertz CT molecular complexity index is 916. The van der Waals surface area contributed by atoms with Gasteiger partial charge in [0.25, 0.3) is 7.82 Å². The second-order valence-electron chi connectivity index (χ2n) is 18.9. The van der Waals surface area contributed by atoms with Gasteiger partial charge in [0.15, 0.2) is 0 Å². The van der Waals surface area contributed by atoms with E-state index < -0.39 is 20.0 Å². The van der Waals surface area contributed by atoms with Crippen molar-refractivity contribution in [1.29, 1.82) is 0 Å². The lowest BCUT2D eigenvalue weighted by atomic mass is 10.0. The van der Waals surface area contributed by atoms with Crippen molar-refractivity contribution in [1.82, 2.24) is 5.32 Å². The minimum absolute atomic E-state index is 0.0152. The Kier molecular flexibility index (Phi) is 41.5. The third kappa shape index (κ3) is 43.6. The SMILES string of the molecule is CCCCCCCCCCCCCCCCCCCCCCCCCCCCCCCCCC(O)C(COP(=O)([O-])OCC[N+](C)(C)C)NC(=O)CCCCCCC. The molecule has 0 aliphatic rings. The Labute approximate surface area is 361 Å². The van der Waals surface area contributed by atoms with Crippen LogP contribution < -0.4 is 10.2 Å². The van der Waals surface area contributed by atoms with E-state index in [-0.39, 0.29) is 19.1 Å². The molecule has 0 aromatic carbocycles. The number of nitrogens with one attached hydrogen (secondary N) is 1. The van der Waals surface area contributed by atoms with E-state index in [2.05, 4.69) is 19.2 Å². The van der Waals surface area contributed by atoms with E-state index in [1.807, 2.05) is 21.1 Å². The number of unbranched alkanes of at least 4 members (excludes halogenated alkanes) is 34. The van der Waals surface area contributed by atoms with Gasteiger partial charge in [-0.3, -0.25) is 9.36 Å². The van der Waals surface area contributed by atoms with Crippen molar-refractivity contribution < 1.29 is 32.9 Å². The summed E-state index contributed by atoms with van der Waals surface area (Å²) < 4.78 is 23.1. The minimum atomic E-state index is -4.55. The zero-order valence-corrected chi connectivity index (χ0v) is 40.4. The summed E-state index contributed by atoms with van der Waals surface area (Å²) in [6.45, 7) is 4.65. The zero-order valence-electron chi connectivity index (χ0n) is 39.5. The number of quaternary nitrogens is 1. The van der Waals surface area contributed by atoms with Gasteiger partial charge in [-0.2, -0.15) is 0 Å². The molecule has 0 rings (SSSR count). The largest absolute Gasteiger partial charge is 0.756 e. The smallest absolute Gasteiger partial charge is 0.268 e. The number of likely N-dealkylation sites (N-methyl/N-ethyl adjacent to an activating group) is 1. The second kappa shape index (κ2) is 41.8. The maximum atomic E-state index is 12.7. The molecular formula is C49H101N2O6P. The number of amides is 1. The van der Waals surface area contributed by atoms with Crippen LogP contribution in [0.2, 0.25) is 0 Å². The van der Waals surface area contributed by atoms with Gasteiger partial charge >= 0.3 is 0 Å². The Hall–Kier alpha value is -0.500. The van der Waals surface area contributed by atoms with Crippen molar-refractivity contribution >= 4 is 13.7 Å². The first kappa shape index (κ1) is 57.5. The minimum Gasteiger partial charge on any atom is -0.756 e. The summed E-state index contributed by atoms with van der Waals surface area (Å²) in [7, 11) is 1.31. The predicted octanol–water partition coefficient (Wildman–Crippen LogP) is 13.9. The summed E-state index contributed by atoms with van der Waals surface area (Å²) in [5, 5.41) is 13.8. The molecule has 0 bridgehead atoms. The summed E-state index contributed by atoms with van der Waals surface area (Å²) in [5.74, 6) is -0.174. The quantitative estimate of drug-likeness (QED) is 0.0359. The lowest BCUT2D eigenvalue weighted by Crippen LogP contribution is -2.46. The van der Waals surface area contributed by atoms with E-state index in [1.165, 1.54) is 180 Å². The molecule has 3 unspecified atom stereocenters. The molecule has 8 nitrogen and oxygen atoms in total. The highest BCUT2D eigenvalue weighted by Gasteiger charge is 2.24. The summed E-state index contributed by atoms with van der Waals surface area (Å²) in [4.78, 5) is 25.0. The van der Waals surface area contributed by atoms with Crippen LogP contribution in [0.4, 0.5) is 0 Å². The zero-order chi connectivity index (χ0) is 42.8. The number of nitrogens with zero attached hydrogens (tertiary/aromatic N) is 1. The number of hydrogen-bond acceptors (Lipinski definition) is 6. The normalized spacial score (nSPS) is 14.1. The van der Waals surface area contributed by atoms with E-state index in [4.69, 9.17) is 9.05 Å². The van der Waals surface area contributed by atoms with Crippen molar-refractivity contribution in [3.63, 3.8) is 0 Å². The monoisotopic (exact) mass is 845 g/mol. The van der Waals surface area contributed by atoms with Crippen LogP contribution in [0.3, 0.4) is 0 Å². The number of carbonyl (C=O) groups excluding carboxylic acids is 1. The Morgan fingerprint density at radius 2 is 0.845 bits per heavy atom. The topological polar surface area (TPSA) is 108 Å². The molecule has 0 spiro atoms. The number of carbonyl (C=O) groups is 1. The first-order chi connectivity index (χ1) is 28.0. The van der Waals surface area contributed by atoms with Crippen LogP contribution in [0.25, 0.3) is 0 Å². The third-order valence-electron chi connectivity index (χ3n) is 11.8. The van der Waals surface area contributed by atoms with Crippen molar-refractivity contribution in [2.75, 3.05) is 40.9 Å². The Balaban J connectivity index is 3.80. The van der Waals surface area contributed by atoms with E-state index >= 15 is 0 Å². The Morgan fingerprint density at radius 3 is 1.17 bits per heavy atom.